The van der Waals surface area contributed by atoms with Gasteiger partial charge in [-0.05, 0) is 49.6 Å². The van der Waals surface area contributed by atoms with Crippen LogP contribution in [0.15, 0.2) is 42.5 Å². The Morgan fingerprint density at radius 1 is 1.17 bits per heavy atom. The topological polar surface area (TPSA) is 40.5 Å². The van der Waals surface area contributed by atoms with Crippen LogP contribution in [0.4, 0.5) is 14.5 Å². The van der Waals surface area contributed by atoms with Gasteiger partial charge < -0.3 is 10.0 Å². The maximum Gasteiger partial charge on any atom is 0.237 e. The first-order valence-corrected chi connectivity index (χ1v) is 7.87. The molecule has 1 aliphatic heterocycles. The highest BCUT2D eigenvalue weighted by Crippen LogP contribution is 2.47. The summed E-state index contributed by atoms with van der Waals surface area (Å²) in [6.07, 6.45) is 0.193. The van der Waals surface area contributed by atoms with Gasteiger partial charge in [0.1, 0.15) is 11.6 Å². The first-order chi connectivity index (χ1) is 11.4. The number of halogens is 2. The first-order valence-electron chi connectivity index (χ1n) is 7.87. The fraction of sp³-hybridized carbons (Fsp3) is 0.316. The number of nitrogens with zero attached hydrogens (tertiary/aromatic N) is 1. The number of para-hydroxylation sites is 1. The van der Waals surface area contributed by atoms with Crippen molar-refractivity contribution in [3.05, 3.63) is 65.2 Å². The predicted octanol–water partition coefficient (Wildman–Crippen LogP) is 3.71. The largest absolute Gasteiger partial charge is 0.396 e. The number of aliphatic hydroxyl groups is 1. The molecule has 2 aromatic carbocycles. The Bertz CT molecular complexity index is 789. The van der Waals surface area contributed by atoms with Crippen LogP contribution in [0.3, 0.4) is 0 Å². The molecule has 0 aliphatic carbocycles. The van der Waals surface area contributed by atoms with Gasteiger partial charge in [-0.3, -0.25) is 4.79 Å². The molecule has 3 nitrogen and oxygen atoms in total. The maximum absolute atomic E-state index is 14.5. The summed E-state index contributed by atoms with van der Waals surface area (Å²) in [7, 11) is 0. The normalized spacial score (nSPS) is 17.0. The monoisotopic (exact) mass is 331 g/mol. The molecule has 0 saturated heterocycles. The van der Waals surface area contributed by atoms with E-state index in [1.165, 1.54) is 23.1 Å². The van der Waals surface area contributed by atoms with E-state index in [1.807, 2.05) is 0 Å². The summed E-state index contributed by atoms with van der Waals surface area (Å²) in [4.78, 5) is 14.4. The van der Waals surface area contributed by atoms with Crippen molar-refractivity contribution in [2.24, 2.45) is 0 Å². The molecule has 0 aromatic heterocycles. The zero-order valence-corrected chi connectivity index (χ0v) is 13.6. The molecule has 0 saturated carbocycles. The summed E-state index contributed by atoms with van der Waals surface area (Å²) in [6, 6.07) is 9.85. The lowest BCUT2D eigenvalue weighted by atomic mass is 9.86. The van der Waals surface area contributed by atoms with E-state index in [-0.39, 0.29) is 24.6 Å². The molecule has 0 fully saturated rings. The lowest BCUT2D eigenvalue weighted by Crippen LogP contribution is -2.39. The fourth-order valence-corrected chi connectivity index (χ4v) is 3.36. The molecule has 1 heterocycles. The van der Waals surface area contributed by atoms with Gasteiger partial charge in [-0.15, -0.1) is 0 Å². The average molecular weight is 331 g/mol. The van der Waals surface area contributed by atoms with Gasteiger partial charge in [0.2, 0.25) is 5.91 Å². The third-order valence-electron chi connectivity index (χ3n) is 4.60. The number of amides is 1. The van der Waals surface area contributed by atoms with Crippen LogP contribution in [-0.2, 0) is 10.2 Å². The second-order valence-electron chi connectivity index (χ2n) is 6.52. The molecule has 24 heavy (non-hydrogen) atoms. The number of carbonyl (C=O) groups excluding carboxylic acids is 1. The number of hydrogen-bond donors (Lipinski definition) is 1. The molecule has 0 spiro atoms. The Hall–Kier alpha value is -2.27. The number of hydrogen-bond acceptors (Lipinski definition) is 2. The van der Waals surface area contributed by atoms with Gasteiger partial charge in [0, 0.05) is 6.61 Å². The van der Waals surface area contributed by atoms with Crippen molar-refractivity contribution in [3.8, 4) is 0 Å². The van der Waals surface area contributed by atoms with Crippen LogP contribution >= 0.6 is 0 Å². The van der Waals surface area contributed by atoms with E-state index in [0.29, 0.717) is 11.1 Å². The van der Waals surface area contributed by atoms with Crippen molar-refractivity contribution < 1.29 is 18.7 Å². The van der Waals surface area contributed by atoms with Crippen LogP contribution in [-0.4, -0.2) is 17.6 Å². The highest BCUT2D eigenvalue weighted by atomic mass is 19.1. The van der Waals surface area contributed by atoms with Gasteiger partial charge in [-0.1, -0.05) is 24.3 Å². The second kappa shape index (κ2) is 5.98. The molecule has 0 unspecified atom stereocenters. The van der Waals surface area contributed by atoms with E-state index < -0.39 is 23.1 Å². The third kappa shape index (κ3) is 2.49. The SMILES string of the molecule is CC1(C)C(=O)N([C@H](CCO)c2cccc(F)c2)c2c(F)cccc21. The van der Waals surface area contributed by atoms with E-state index in [2.05, 4.69) is 0 Å². The maximum atomic E-state index is 14.5. The summed E-state index contributed by atoms with van der Waals surface area (Å²) < 4.78 is 28.2. The van der Waals surface area contributed by atoms with Gasteiger partial charge in [0.25, 0.3) is 0 Å². The molecule has 1 N–H and O–H groups in total. The van der Waals surface area contributed by atoms with Crippen LogP contribution < -0.4 is 4.90 Å². The van der Waals surface area contributed by atoms with Crippen LogP contribution in [0.5, 0.6) is 0 Å². The minimum atomic E-state index is -0.877. The van der Waals surface area contributed by atoms with Gasteiger partial charge >= 0.3 is 0 Å². The molecule has 1 aliphatic rings. The van der Waals surface area contributed by atoms with Crippen LogP contribution in [0.25, 0.3) is 0 Å². The van der Waals surface area contributed by atoms with E-state index >= 15 is 0 Å². The minimum absolute atomic E-state index is 0.193. The highest BCUT2D eigenvalue weighted by Gasteiger charge is 2.47. The van der Waals surface area contributed by atoms with Crippen molar-refractivity contribution in [1.29, 1.82) is 0 Å². The quantitative estimate of drug-likeness (QED) is 0.928. The van der Waals surface area contributed by atoms with E-state index in [9.17, 15) is 18.7 Å². The lowest BCUT2D eigenvalue weighted by Gasteiger charge is -2.30. The second-order valence-corrected chi connectivity index (χ2v) is 6.52. The van der Waals surface area contributed by atoms with Gasteiger partial charge in [0.15, 0.2) is 0 Å². The molecule has 5 heteroatoms. The van der Waals surface area contributed by atoms with Crippen molar-refractivity contribution in [2.75, 3.05) is 11.5 Å². The minimum Gasteiger partial charge on any atom is -0.396 e. The summed E-state index contributed by atoms with van der Waals surface area (Å²) in [5, 5.41) is 9.44. The van der Waals surface area contributed by atoms with E-state index in [0.717, 1.165) is 0 Å². The van der Waals surface area contributed by atoms with Gasteiger partial charge in [-0.25, -0.2) is 8.78 Å². The van der Waals surface area contributed by atoms with Crippen LogP contribution in [0.1, 0.15) is 37.4 Å². The summed E-state index contributed by atoms with van der Waals surface area (Å²) >= 11 is 0. The molecule has 3 rings (SSSR count). The Balaban J connectivity index is 2.17. The smallest absolute Gasteiger partial charge is 0.237 e. The van der Waals surface area contributed by atoms with Gasteiger partial charge in [0.05, 0.1) is 17.1 Å². The Morgan fingerprint density at radius 3 is 2.54 bits per heavy atom. The number of fused-ring (bicyclic) bond motifs is 1. The molecule has 0 radical (unpaired) electrons. The number of anilines is 1. The van der Waals surface area contributed by atoms with Crippen molar-refractivity contribution >= 4 is 11.6 Å². The Labute approximate surface area is 139 Å². The van der Waals surface area contributed by atoms with E-state index in [4.69, 9.17) is 0 Å². The van der Waals surface area contributed by atoms with Crippen molar-refractivity contribution in [3.63, 3.8) is 0 Å². The molecule has 0 bridgehead atoms. The predicted molar refractivity (Wildman–Crippen MR) is 87.8 cm³/mol. The zero-order valence-electron chi connectivity index (χ0n) is 13.6. The van der Waals surface area contributed by atoms with Crippen molar-refractivity contribution in [1.82, 2.24) is 0 Å². The standard InChI is InChI=1S/C19H19F2NO2/c1-19(2)14-7-4-8-15(21)17(14)22(18(19)24)16(9-10-23)12-5-3-6-13(20)11-12/h3-8,11,16,23H,9-10H2,1-2H3/t16-/m1/s1. The molecular formula is C19H19F2NO2. The molecule has 2 aromatic rings. The first kappa shape index (κ1) is 16.6. The Morgan fingerprint density at radius 2 is 1.88 bits per heavy atom. The van der Waals surface area contributed by atoms with Gasteiger partial charge in [-0.2, -0.15) is 0 Å². The Kier molecular flexibility index (Phi) is 4.13. The average Bonchev–Trinajstić information content (AvgIpc) is 2.74. The van der Waals surface area contributed by atoms with Crippen LogP contribution in [0.2, 0.25) is 0 Å². The van der Waals surface area contributed by atoms with Crippen molar-refractivity contribution in [2.45, 2.75) is 31.7 Å². The number of carbonyl (C=O) groups is 1. The van der Waals surface area contributed by atoms with Crippen LogP contribution in [0, 0.1) is 11.6 Å². The third-order valence-corrected chi connectivity index (χ3v) is 4.60. The molecule has 1 atom stereocenters. The lowest BCUT2D eigenvalue weighted by molar-refractivity contribution is -0.122. The summed E-state index contributed by atoms with van der Waals surface area (Å²) in [5.41, 5.74) is 0.477. The fourth-order valence-electron chi connectivity index (χ4n) is 3.36. The molecular weight excluding hydrogens is 312 g/mol. The summed E-state index contributed by atoms with van der Waals surface area (Å²) in [5.74, 6) is -1.19. The highest BCUT2D eigenvalue weighted by molar-refractivity contribution is 6.08. The number of benzene rings is 2. The summed E-state index contributed by atoms with van der Waals surface area (Å²) in [6.45, 7) is 3.29. The number of rotatable bonds is 4. The zero-order chi connectivity index (χ0) is 17.5. The number of aliphatic hydroxyl groups excluding tert-OH is 1. The molecule has 1 amide bonds. The van der Waals surface area contributed by atoms with E-state index in [1.54, 1.807) is 38.1 Å². The molecule has 126 valence electrons.